The molecule has 2 N–H and O–H groups in total. The van der Waals surface area contributed by atoms with Crippen molar-refractivity contribution in [2.75, 3.05) is 6.54 Å². The minimum absolute atomic E-state index is 0.200. The lowest BCUT2D eigenvalue weighted by molar-refractivity contribution is -0.109. The Kier molecular flexibility index (Phi) is 3.07. The zero-order chi connectivity index (χ0) is 11.5. The van der Waals surface area contributed by atoms with E-state index >= 15 is 0 Å². The van der Waals surface area contributed by atoms with Crippen LogP contribution in [0.4, 0.5) is 4.79 Å². The molecule has 1 aliphatic heterocycles. The SMILES string of the molecule is O=C1O[C@H](C(O)O)CN1Cc1ccccc1. The molecule has 1 heterocycles. The number of carbonyl (C=O) groups excluding carboxylic acids is 1. The van der Waals surface area contributed by atoms with Crippen LogP contribution < -0.4 is 0 Å². The van der Waals surface area contributed by atoms with E-state index in [2.05, 4.69) is 0 Å². The average Bonchev–Trinajstić information content (AvgIpc) is 2.62. The fourth-order valence-corrected chi connectivity index (χ4v) is 1.62. The van der Waals surface area contributed by atoms with Gasteiger partial charge in [0.05, 0.1) is 6.54 Å². The topological polar surface area (TPSA) is 70.0 Å². The number of amides is 1. The number of aliphatic hydroxyl groups excluding tert-OH is 1. The molecule has 0 radical (unpaired) electrons. The third-order valence-corrected chi connectivity index (χ3v) is 2.46. The monoisotopic (exact) mass is 223 g/mol. The highest BCUT2D eigenvalue weighted by Crippen LogP contribution is 2.16. The number of hydrogen-bond acceptors (Lipinski definition) is 4. The van der Waals surface area contributed by atoms with Gasteiger partial charge in [-0.15, -0.1) is 0 Å². The molecular weight excluding hydrogens is 210 g/mol. The maximum absolute atomic E-state index is 11.4. The molecule has 1 saturated heterocycles. The standard InChI is InChI=1S/C11H13NO4/c13-10(14)9-7-12(11(15)16-9)6-8-4-2-1-3-5-8/h1-5,9-10,13-14H,6-7H2/t9-/m0/s1. The van der Waals surface area contributed by atoms with Crippen LogP contribution in [-0.2, 0) is 11.3 Å². The van der Waals surface area contributed by atoms with Gasteiger partial charge in [-0.05, 0) is 5.56 Å². The van der Waals surface area contributed by atoms with Crippen molar-refractivity contribution >= 4 is 6.09 Å². The second kappa shape index (κ2) is 4.51. The Morgan fingerprint density at radius 3 is 2.62 bits per heavy atom. The van der Waals surface area contributed by atoms with Crippen molar-refractivity contribution in [2.24, 2.45) is 0 Å². The Morgan fingerprint density at radius 2 is 2.06 bits per heavy atom. The third kappa shape index (κ3) is 2.32. The highest BCUT2D eigenvalue weighted by Gasteiger charge is 2.34. The largest absolute Gasteiger partial charge is 0.439 e. The van der Waals surface area contributed by atoms with Gasteiger partial charge in [-0.1, -0.05) is 30.3 Å². The first-order valence-corrected chi connectivity index (χ1v) is 5.02. The van der Waals surface area contributed by atoms with E-state index in [4.69, 9.17) is 14.9 Å². The number of carbonyl (C=O) groups is 1. The van der Waals surface area contributed by atoms with Gasteiger partial charge in [0.1, 0.15) is 0 Å². The highest BCUT2D eigenvalue weighted by molar-refractivity contribution is 5.70. The summed E-state index contributed by atoms with van der Waals surface area (Å²) < 4.78 is 4.79. The molecule has 1 aromatic carbocycles. The molecule has 1 atom stereocenters. The molecule has 1 aromatic rings. The van der Waals surface area contributed by atoms with E-state index in [0.29, 0.717) is 6.54 Å². The molecule has 5 nitrogen and oxygen atoms in total. The number of nitrogens with zero attached hydrogens (tertiary/aromatic N) is 1. The van der Waals surface area contributed by atoms with E-state index in [1.807, 2.05) is 30.3 Å². The van der Waals surface area contributed by atoms with E-state index in [9.17, 15) is 4.79 Å². The minimum atomic E-state index is -1.62. The van der Waals surface area contributed by atoms with Crippen molar-refractivity contribution in [3.63, 3.8) is 0 Å². The van der Waals surface area contributed by atoms with E-state index in [1.165, 1.54) is 4.90 Å². The number of benzene rings is 1. The molecule has 0 bridgehead atoms. The van der Waals surface area contributed by atoms with Crippen LogP contribution in [0.3, 0.4) is 0 Å². The lowest BCUT2D eigenvalue weighted by Gasteiger charge is -2.13. The lowest BCUT2D eigenvalue weighted by atomic mass is 10.2. The first-order chi connectivity index (χ1) is 7.66. The number of aliphatic hydroxyl groups is 2. The number of ether oxygens (including phenoxy) is 1. The predicted octanol–water partition coefficient (Wildman–Crippen LogP) is 0.318. The maximum atomic E-state index is 11.4. The highest BCUT2D eigenvalue weighted by atomic mass is 16.6. The Labute approximate surface area is 92.9 Å². The molecule has 2 rings (SSSR count). The molecule has 0 aliphatic carbocycles. The van der Waals surface area contributed by atoms with E-state index < -0.39 is 18.5 Å². The molecule has 1 fully saturated rings. The molecule has 0 spiro atoms. The molecular formula is C11H13NO4. The Hall–Kier alpha value is -1.59. The fraction of sp³-hybridized carbons (Fsp3) is 0.364. The Bertz CT molecular complexity index is 366. The normalized spacial score (nSPS) is 20.3. The van der Waals surface area contributed by atoms with Gasteiger partial charge in [0.15, 0.2) is 12.4 Å². The molecule has 5 heteroatoms. The molecule has 1 aliphatic rings. The van der Waals surface area contributed by atoms with Crippen LogP contribution >= 0.6 is 0 Å². The molecule has 0 aromatic heterocycles. The summed E-state index contributed by atoms with van der Waals surface area (Å²) in [5, 5.41) is 17.8. The first-order valence-electron chi connectivity index (χ1n) is 5.02. The van der Waals surface area contributed by atoms with Crippen LogP contribution in [-0.4, -0.2) is 40.1 Å². The van der Waals surface area contributed by atoms with Crippen LogP contribution in [0.1, 0.15) is 5.56 Å². The molecule has 1 amide bonds. The first kappa shape index (κ1) is 10.9. The molecule has 16 heavy (non-hydrogen) atoms. The Balaban J connectivity index is 1.99. The van der Waals surface area contributed by atoms with Gasteiger partial charge in [-0.3, -0.25) is 4.90 Å². The minimum Gasteiger partial charge on any atom is -0.439 e. The summed E-state index contributed by atoms with van der Waals surface area (Å²) >= 11 is 0. The van der Waals surface area contributed by atoms with Gasteiger partial charge in [0.2, 0.25) is 0 Å². The molecule has 86 valence electrons. The fourth-order valence-electron chi connectivity index (χ4n) is 1.62. The van der Waals surface area contributed by atoms with Crippen molar-refractivity contribution < 1.29 is 19.7 Å². The van der Waals surface area contributed by atoms with Crippen LogP contribution in [0.15, 0.2) is 30.3 Å². The third-order valence-electron chi connectivity index (χ3n) is 2.46. The predicted molar refractivity (Wildman–Crippen MR) is 55.3 cm³/mol. The summed E-state index contributed by atoms with van der Waals surface area (Å²) in [4.78, 5) is 12.8. The van der Waals surface area contributed by atoms with Crippen LogP contribution in [0.2, 0.25) is 0 Å². The van der Waals surface area contributed by atoms with E-state index in [0.717, 1.165) is 5.56 Å². The van der Waals surface area contributed by atoms with E-state index in [-0.39, 0.29) is 6.54 Å². The van der Waals surface area contributed by atoms with Gasteiger partial charge in [0, 0.05) is 6.54 Å². The number of rotatable bonds is 3. The van der Waals surface area contributed by atoms with Crippen molar-refractivity contribution in [3.8, 4) is 0 Å². The second-order valence-electron chi connectivity index (χ2n) is 3.70. The van der Waals surface area contributed by atoms with Gasteiger partial charge < -0.3 is 14.9 Å². The van der Waals surface area contributed by atoms with Crippen LogP contribution in [0.25, 0.3) is 0 Å². The van der Waals surface area contributed by atoms with Gasteiger partial charge in [0.25, 0.3) is 0 Å². The summed E-state index contributed by atoms with van der Waals surface area (Å²) in [7, 11) is 0. The molecule has 0 saturated carbocycles. The zero-order valence-corrected chi connectivity index (χ0v) is 8.61. The summed E-state index contributed by atoms with van der Waals surface area (Å²) in [5.74, 6) is 0. The van der Waals surface area contributed by atoms with Crippen LogP contribution in [0, 0.1) is 0 Å². The van der Waals surface area contributed by atoms with Crippen molar-refractivity contribution in [1.82, 2.24) is 4.90 Å². The smallest absolute Gasteiger partial charge is 0.410 e. The summed E-state index contributed by atoms with van der Waals surface area (Å²) in [6.45, 7) is 0.619. The van der Waals surface area contributed by atoms with Crippen molar-refractivity contribution in [1.29, 1.82) is 0 Å². The Morgan fingerprint density at radius 1 is 1.38 bits per heavy atom. The van der Waals surface area contributed by atoms with Gasteiger partial charge in [-0.25, -0.2) is 4.79 Å². The molecule has 0 unspecified atom stereocenters. The van der Waals surface area contributed by atoms with Crippen molar-refractivity contribution in [3.05, 3.63) is 35.9 Å². The maximum Gasteiger partial charge on any atom is 0.410 e. The van der Waals surface area contributed by atoms with Gasteiger partial charge in [-0.2, -0.15) is 0 Å². The number of hydrogen-bond donors (Lipinski definition) is 2. The van der Waals surface area contributed by atoms with E-state index in [1.54, 1.807) is 0 Å². The summed E-state index contributed by atoms with van der Waals surface area (Å²) in [6, 6.07) is 9.46. The lowest BCUT2D eigenvalue weighted by Crippen LogP contribution is -2.30. The number of cyclic esters (lactones) is 1. The average molecular weight is 223 g/mol. The summed E-state index contributed by atoms with van der Waals surface area (Å²) in [6.07, 6.45) is -2.98. The quantitative estimate of drug-likeness (QED) is 0.724. The van der Waals surface area contributed by atoms with Crippen molar-refractivity contribution in [2.45, 2.75) is 18.9 Å². The van der Waals surface area contributed by atoms with Gasteiger partial charge >= 0.3 is 6.09 Å². The van der Waals surface area contributed by atoms with Crippen LogP contribution in [0.5, 0.6) is 0 Å². The summed E-state index contributed by atoms with van der Waals surface area (Å²) in [5.41, 5.74) is 0.979. The second-order valence-corrected chi connectivity index (χ2v) is 3.70. The zero-order valence-electron chi connectivity index (χ0n) is 8.61.